The molecule has 0 aromatic heterocycles. The molecule has 0 fully saturated rings. The zero-order chi connectivity index (χ0) is 18.1. The number of hydrogen-bond donors (Lipinski definition) is 0. The maximum Gasteiger partial charge on any atom is 0.513 e. The minimum absolute atomic E-state index is 0.141. The summed E-state index contributed by atoms with van der Waals surface area (Å²) in [7, 11) is 0. The van der Waals surface area contributed by atoms with Gasteiger partial charge in [0.15, 0.2) is 0 Å². The molecule has 0 aliphatic heterocycles. The fourth-order valence-corrected chi connectivity index (χ4v) is 2.25. The Morgan fingerprint density at radius 1 is 0.920 bits per heavy atom. The summed E-state index contributed by atoms with van der Waals surface area (Å²) in [4.78, 5) is 24.4. The van der Waals surface area contributed by atoms with Crippen LogP contribution in [0.25, 0.3) is 0 Å². The lowest BCUT2D eigenvalue weighted by atomic mass is 10.0. The molecular weight excluding hydrogens is 320 g/mol. The fourth-order valence-electron chi connectivity index (χ4n) is 2.25. The van der Waals surface area contributed by atoms with Gasteiger partial charge in [0.1, 0.15) is 17.1 Å². The normalized spacial score (nSPS) is 10.2. The number of benzene rings is 2. The van der Waals surface area contributed by atoms with E-state index in [1.807, 2.05) is 19.9 Å². The molecule has 0 heterocycles. The molecular formula is C20H22O5. The second-order valence-electron chi connectivity index (χ2n) is 5.40. The van der Waals surface area contributed by atoms with E-state index in [1.54, 1.807) is 42.5 Å². The van der Waals surface area contributed by atoms with Crippen molar-refractivity contribution in [1.29, 1.82) is 0 Å². The standard InChI is InChI=1S/C20H22O5/c1-3-5-14-23-20(22)25-17-13-9-10-15(4-2)18(17)19(21)24-16-11-7-6-8-12-16/h6-13H,3-5,14H2,1-2H3. The van der Waals surface area contributed by atoms with Crippen molar-refractivity contribution in [1.82, 2.24) is 0 Å². The first-order valence-electron chi connectivity index (χ1n) is 8.39. The van der Waals surface area contributed by atoms with Gasteiger partial charge in [-0.3, -0.25) is 0 Å². The van der Waals surface area contributed by atoms with E-state index in [1.165, 1.54) is 0 Å². The van der Waals surface area contributed by atoms with Gasteiger partial charge in [0.25, 0.3) is 0 Å². The number of unbranched alkanes of at least 4 members (excludes halogenated alkanes) is 1. The van der Waals surface area contributed by atoms with Crippen LogP contribution in [0.15, 0.2) is 48.5 Å². The largest absolute Gasteiger partial charge is 0.513 e. The summed E-state index contributed by atoms with van der Waals surface area (Å²) in [6.45, 7) is 4.20. The second kappa shape index (κ2) is 9.47. The summed E-state index contributed by atoms with van der Waals surface area (Å²) in [6, 6.07) is 13.8. The molecule has 0 aliphatic carbocycles. The number of hydrogen-bond acceptors (Lipinski definition) is 5. The van der Waals surface area contributed by atoms with Crippen LogP contribution in [0, 0.1) is 0 Å². The number of aryl methyl sites for hydroxylation is 1. The smallest absolute Gasteiger partial charge is 0.434 e. The van der Waals surface area contributed by atoms with Gasteiger partial charge in [-0.2, -0.15) is 0 Å². The highest BCUT2D eigenvalue weighted by Gasteiger charge is 2.21. The van der Waals surface area contributed by atoms with Gasteiger partial charge in [0.2, 0.25) is 0 Å². The Balaban J connectivity index is 2.20. The van der Waals surface area contributed by atoms with E-state index in [0.717, 1.165) is 18.4 Å². The first-order chi connectivity index (χ1) is 12.2. The number of para-hydroxylation sites is 1. The molecule has 5 heteroatoms. The van der Waals surface area contributed by atoms with Crippen molar-refractivity contribution >= 4 is 12.1 Å². The topological polar surface area (TPSA) is 61.8 Å². The first-order valence-corrected chi connectivity index (χ1v) is 8.39. The molecule has 0 bridgehead atoms. The molecule has 0 N–H and O–H groups in total. The van der Waals surface area contributed by atoms with Crippen LogP contribution in [-0.2, 0) is 11.2 Å². The lowest BCUT2D eigenvalue weighted by Gasteiger charge is -2.13. The van der Waals surface area contributed by atoms with Gasteiger partial charge in [0, 0.05) is 0 Å². The third-order valence-electron chi connectivity index (χ3n) is 3.56. The van der Waals surface area contributed by atoms with E-state index in [9.17, 15) is 9.59 Å². The number of carbonyl (C=O) groups excluding carboxylic acids is 2. The molecule has 132 valence electrons. The maximum atomic E-state index is 12.6. The molecule has 2 aromatic rings. The third kappa shape index (κ3) is 5.35. The Kier molecular flexibility index (Phi) is 7.01. The van der Waals surface area contributed by atoms with Crippen molar-refractivity contribution in [3.05, 3.63) is 59.7 Å². The summed E-state index contributed by atoms with van der Waals surface area (Å²) in [5, 5.41) is 0. The van der Waals surface area contributed by atoms with Crippen LogP contribution in [0.2, 0.25) is 0 Å². The first kappa shape index (κ1) is 18.5. The van der Waals surface area contributed by atoms with Crippen molar-refractivity contribution in [3.8, 4) is 11.5 Å². The van der Waals surface area contributed by atoms with E-state index in [-0.39, 0.29) is 17.9 Å². The lowest BCUT2D eigenvalue weighted by Crippen LogP contribution is -2.17. The number of esters is 1. The fraction of sp³-hybridized carbons (Fsp3) is 0.300. The van der Waals surface area contributed by atoms with Crippen LogP contribution in [0.3, 0.4) is 0 Å². The van der Waals surface area contributed by atoms with Gasteiger partial charge in [-0.15, -0.1) is 0 Å². The van der Waals surface area contributed by atoms with Crippen LogP contribution in [0.1, 0.15) is 42.6 Å². The van der Waals surface area contributed by atoms with Crippen LogP contribution in [-0.4, -0.2) is 18.7 Å². The number of rotatable bonds is 7. The molecule has 25 heavy (non-hydrogen) atoms. The minimum atomic E-state index is -0.824. The van der Waals surface area contributed by atoms with E-state index in [4.69, 9.17) is 14.2 Å². The summed E-state index contributed by atoms with van der Waals surface area (Å²) in [5.74, 6) is -0.00309. The van der Waals surface area contributed by atoms with Crippen molar-refractivity contribution in [2.24, 2.45) is 0 Å². The molecule has 0 atom stereocenters. The predicted octanol–water partition coefficient (Wildman–Crippen LogP) is 4.78. The van der Waals surface area contributed by atoms with Crippen molar-refractivity contribution in [3.63, 3.8) is 0 Å². The molecule has 0 unspecified atom stereocenters. The molecule has 0 saturated heterocycles. The van der Waals surface area contributed by atoms with Gasteiger partial charge in [-0.05, 0) is 36.6 Å². The molecule has 2 aromatic carbocycles. The zero-order valence-electron chi connectivity index (χ0n) is 14.5. The number of ether oxygens (including phenoxy) is 3. The van der Waals surface area contributed by atoms with Crippen LogP contribution in [0.4, 0.5) is 4.79 Å². The van der Waals surface area contributed by atoms with E-state index in [0.29, 0.717) is 12.2 Å². The number of carbonyl (C=O) groups is 2. The third-order valence-corrected chi connectivity index (χ3v) is 3.56. The van der Waals surface area contributed by atoms with E-state index < -0.39 is 12.1 Å². The van der Waals surface area contributed by atoms with Gasteiger partial charge in [0.05, 0.1) is 6.61 Å². The van der Waals surface area contributed by atoms with Gasteiger partial charge in [-0.1, -0.05) is 50.6 Å². The Bertz CT molecular complexity index is 709. The SMILES string of the molecule is CCCCOC(=O)Oc1cccc(CC)c1C(=O)Oc1ccccc1. The Hall–Kier alpha value is -2.82. The highest BCUT2D eigenvalue weighted by atomic mass is 16.7. The average Bonchev–Trinajstić information content (AvgIpc) is 2.62. The van der Waals surface area contributed by atoms with Gasteiger partial charge < -0.3 is 14.2 Å². The Morgan fingerprint density at radius 2 is 1.68 bits per heavy atom. The van der Waals surface area contributed by atoms with Crippen molar-refractivity contribution in [2.45, 2.75) is 33.1 Å². The van der Waals surface area contributed by atoms with Crippen molar-refractivity contribution in [2.75, 3.05) is 6.61 Å². The molecule has 5 nitrogen and oxygen atoms in total. The highest BCUT2D eigenvalue weighted by molar-refractivity contribution is 5.96. The quantitative estimate of drug-likeness (QED) is 0.313. The molecule has 0 spiro atoms. The zero-order valence-corrected chi connectivity index (χ0v) is 14.5. The Morgan fingerprint density at radius 3 is 2.36 bits per heavy atom. The summed E-state index contributed by atoms with van der Waals surface area (Å²) >= 11 is 0. The second-order valence-corrected chi connectivity index (χ2v) is 5.40. The molecule has 2 rings (SSSR count). The summed E-state index contributed by atoms with van der Waals surface area (Å²) in [6.07, 6.45) is 1.44. The molecule has 0 amide bonds. The van der Waals surface area contributed by atoms with Gasteiger partial charge >= 0.3 is 12.1 Å². The minimum Gasteiger partial charge on any atom is -0.434 e. The van der Waals surface area contributed by atoms with Crippen LogP contribution < -0.4 is 9.47 Å². The van der Waals surface area contributed by atoms with E-state index >= 15 is 0 Å². The molecule has 0 saturated carbocycles. The maximum absolute atomic E-state index is 12.6. The monoisotopic (exact) mass is 342 g/mol. The van der Waals surface area contributed by atoms with Crippen molar-refractivity contribution < 1.29 is 23.8 Å². The van der Waals surface area contributed by atoms with Crippen LogP contribution >= 0.6 is 0 Å². The van der Waals surface area contributed by atoms with E-state index in [2.05, 4.69) is 0 Å². The summed E-state index contributed by atoms with van der Waals surface area (Å²) < 4.78 is 15.6. The average molecular weight is 342 g/mol. The molecule has 0 aliphatic rings. The molecule has 0 radical (unpaired) electrons. The summed E-state index contributed by atoms with van der Waals surface area (Å²) in [5.41, 5.74) is 0.973. The van der Waals surface area contributed by atoms with Gasteiger partial charge in [-0.25, -0.2) is 9.59 Å². The lowest BCUT2D eigenvalue weighted by molar-refractivity contribution is 0.0725. The highest BCUT2D eigenvalue weighted by Crippen LogP contribution is 2.25. The predicted molar refractivity (Wildman–Crippen MR) is 94.1 cm³/mol. The Labute approximate surface area is 147 Å². The van der Waals surface area contributed by atoms with Crippen LogP contribution in [0.5, 0.6) is 11.5 Å².